The van der Waals surface area contributed by atoms with Crippen LogP contribution in [0.5, 0.6) is 0 Å². The van der Waals surface area contributed by atoms with Gasteiger partial charge < -0.3 is 5.11 Å². The fourth-order valence-corrected chi connectivity index (χ4v) is 1.99. The summed E-state index contributed by atoms with van der Waals surface area (Å²) in [4.78, 5) is 11.4. The maximum atomic E-state index is 11.4. The number of aliphatic hydroxyl groups excluding tert-OH is 1. The van der Waals surface area contributed by atoms with E-state index in [1.807, 2.05) is 0 Å². The molecular formula is C12H10Cl2N2O2. The van der Waals surface area contributed by atoms with Gasteiger partial charge in [-0.1, -0.05) is 29.3 Å². The smallest absolute Gasteiger partial charge is 0.177 e. The number of carbonyl (C=O) groups is 1. The molecule has 0 atom stereocenters. The molecule has 0 bridgehead atoms. The van der Waals surface area contributed by atoms with E-state index in [0.717, 1.165) is 0 Å². The Morgan fingerprint density at radius 3 is 2.67 bits per heavy atom. The first-order valence-corrected chi connectivity index (χ1v) is 5.94. The average molecular weight is 285 g/mol. The van der Waals surface area contributed by atoms with E-state index < -0.39 is 0 Å². The summed E-state index contributed by atoms with van der Waals surface area (Å²) >= 11 is 11.8. The number of aliphatic hydroxyl groups is 1. The summed E-state index contributed by atoms with van der Waals surface area (Å²) in [6, 6.07) is 5.01. The molecule has 1 aromatic heterocycles. The maximum Gasteiger partial charge on any atom is 0.177 e. The van der Waals surface area contributed by atoms with Crippen molar-refractivity contribution in [2.75, 3.05) is 0 Å². The molecule has 0 saturated carbocycles. The van der Waals surface area contributed by atoms with E-state index in [1.165, 1.54) is 6.92 Å². The van der Waals surface area contributed by atoms with Crippen molar-refractivity contribution in [3.05, 3.63) is 39.5 Å². The van der Waals surface area contributed by atoms with Crippen molar-refractivity contribution >= 4 is 29.0 Å². The van der Waals surface area contributed by atoms with Gasteiger partial charge in [-0.3, -0.25) is 9.89 Å². The highest BCUT2D eigenvalue weighted by molar-refractivity contribution is 6.42. The zero-order chi connectivity index (χ0) is 13.3. The van der Waals surface area contributed by atoms with Crippen molar-refractivity contribution < 1.29 is 9.90 Å². The number of benzene rings is 1. The third kappa shape index (κ3) is 2.27. The van der Waals surface area contributed by atoms with Crippen LogP contribution in [0.25, 0.3) is 11.3 Å². The second kappa shape index (κ2) is 5.10. The molecule has 0 fully saturated rings. The van der Waals surface area contributed by atoms with E-state index in [1.54, 1.807) is 18.2 Å². The summed E-state index contributed by atoms with van der Waals surface area (Å²) < 4.78 is 0. The SMILES string of the molecule is CC(=O)c1[nH]nc(-c2ccc(Cl)c(Cl)c2)c1CO. The van der Waals surface area contributed by atoms with Gasteiger partial charge in [0.15, 0.2) is 5.78 Å². The highest BCUT2D eigenvalue weighted by Gasteiger charge is 2.17. The number of hydrogen-bond acceptors (Lipinski definition) is 3. The van der Waals surface area contributed by atoms with Gasteiger partial charge in [0.1, 0.15) is 5.69 Å². The Labute approximate surface area is 114 Å². The van der Waals surface area contributed by atoms with E-state index in [-0.39, 0.29) is 12.4 Å². The molecule has 0 aliphatic rings. The van der Waals surface area contributed by atoms with Gasteiger partial charge in [-0.15, -0.1) is 0 Å². The number of nitrogens with zero attached hydrogens (tertiary/aromatic N) is 1. The summed E-state index contributed by atoms with van der Waals surface area (Å²) in [6.45, 7) is 1.13. The number of carbonyl (C=O) groups excluding carboxylic acids is 1. The van der Waals surface area contributed by atoms with Crippen LogP contribution in [0.1, 0.15) is 23.0 Å². The van der Waals surface area contributed by atoms with Crippen LogP contribution in [0.2, 0.25) is 10.0 Å². The molecule has 18 heavy (non-hydrogen) atoms. The molecular weight excluding hydrogens is 275 g/mol. The second-order valence-electron chi connectivity index (χ2n) is 3.77. The fourth-order valence-electron chi connectivity index (χ4n) is 1.69. The lowest BCUT2D eigenvalue weighted by Crippen LogP contribution is -1.98. The molecule has 2 N–H and O–H groups in total. The Morgan fingerprint density at radius 1 is 1.39 bits per heavy atom. The monoisotopic (exact) mass is 284 g/mol. The number of aromatic amines is 1. The topological polar surface area (TPSA) is 66.0 Å². The molecule has 1 heterocycles. The van der Waals surface area contributed by atoms with E-state index >= 15 is 0 Å². The summed E-state index contributed by atoms with van der Waals surface area (Å²) in [5.41, 5.74) is 1.96. The Morgan fingerprint density at radius 2 is 2.11 bits per heavy atom. The van der Waals surface area contributed by atoms with Gasteiger partial charge in [-0.05, 0) is 12.1 Å². The minimum Gasteiger partial charge on any atom is -0.392 e. The first kappa shape index (κ1) is 13.1. The Balaban J connectivity index is 2.57. The first-order valence-electron chi connectivity index (χ1n) is 5.19. The van der Waals surface area contributed by atoms with Gasteiger partial charge in [-0.25, -0.2) is 0 Å². The van der Waals surface area contributed by atoms with Crippen LogP contribution in [0.15, 0.2) is 18.2 Å². The standard InChI is InChI=1S/C12H10Cl2N2O2/c1-6(18)11-8(5-17)12(16-15-11)7-2-3-9(13)10(14)4-7/h2-4,17H,5H2,1H3,(H,15,16). The lowest BCUT2D eigenvalue weighted by Gasteiger charge is -2.03. The zero-order valence-electron chi connectivity index (χ0n) is 9.50. The number of halogens is 2. The minimum absolute atomic E-state index is 0.183. The molecule has 2 aromatic rings. The maximum absolute atomic E-state index is 11.4. The van der Waals surface area contributed by atoms with Crippen molar-refractivity contribution in [3.8, 4) is 11.3 Å². The van der Waals surface area contributed by atoms with Crippen LogP contribution in [-0.2, 0) is 6.61 Å². The highest BCUT2D eigenvalue weighted by atomic mass is 35.5. The van der Waals surface area contributed by atoms with Gasteiger partial charge in [0.25, 0.3) is 0 Å². The average Bonchev–Trinajstić information content (AvgIpc) is 2.76. The van der Waals surface area contributed by atoms with E-state index in [4.69, 9.17) is 23.2 Å². The number of Topliss-reactive ketones (excluding diaryl/α,β-unsaturated/α-hetero) is 1. The van der Waals surface area contributed by atoms with E-state index in [0.29, 0.717) is 32.6 Å². The molecule has 0 aliphatic heterocycles. The van der Waals surface area contributed by atoms with Crippen molar-refractivity contribution in [3.63, 3.8) is 0 Å². The zero-order valence-corrected chi connectivity index (χ0v) is 11.0. The summed E-state index contributed by atoms with van der Waals surface area (Å²) in [5.74, 6) is -0.183. The van der Waals surface area contributed by atoms with Crippen LogP contribution in [0.4, 0.5) is 0 Å². The van der Waals surface area contributed by atoms with Gasteiger partial charge in [0.2, 0.25) is 0 Å². The molecule has 6 heteroatoms. The normalized spacial score (nSPS) is 10.7. The quantitative estimate of drug-likeness (QED) is 0.852. The Bertz CT molecular complexity index is 608. The van der Waals surface area contributed by atoms with Crippen LogP contribution < -0.4 is 0 Å². The fraction of sp³-hybridized carbons (Fsp3) is 0.167. The molecule has 94 valence electrons. The molecule has 0 saturated heterocycles. The van der Waals surface area contributed by atoms with Gasteiger partial charge in [-0.2, -0.15) is 5.10 Å². The van der Waals surface area contributed by atoms with Crippen LogP contribution >= 0.6 is 23.2 Å². The number of ketones is 1. The minimum atomic E-state index is -0.277. The van der Waals surface area contributed by atoms with Gasteiger partial charge >= 0.3 is 0 Å². The number of aromatic nitrogens is 2. The number of H-pyrrole nitrogens is 1. The Hall–Kier alpha value is -1.36. The molecule has 4 nitrogen and oxygen atoms in total. The number of hydrogen-bond donors (Lipinski definition) is 2. The largest absolute Gasteiger partial charge is 0.392 e. The summed E-state index contributed by atoms with van der Waals surface area (Å²) in [5, 5.41) is 16.8. The molecule has 2 rings (SSSR count). The molecule has 1 aromatic carbocycles. The lowest BCUT2D eigenvalue weighted by atomic mass is 10.1. The summed E-state index contributed by atoms with van der Waals surface area (Å²) in [7, 11) is 0. The molecule has 0 radical (unpaired) electrons. The van der Waals surface area contributed by atoms with Crippen molar-refractivity contribution in [2.45, 2.75) is 13.5 Å². The van der Waals surface area contributed by atoms with Gasteiger partial charge in [0, 0.05) is 18.1 Å². The molecule has 0 aliphatic carbocycles. The van der Waals surface area contributed by atoms with Crippen molar-refractivity contribution in [2.24, 2.45) is 0 Å². The van der Waals surface area contributed by atoms with Crippen LogP contribution in [-0.4, -0.2) is 21.1 Å². The second-order valence-corrected chi connectivity index (χ2v) is 4.58. The number of nitrogens with one attached hydrogen (secondary N) is 1. The molecule has 0 spiro atoms. The van der Waals surface area contributed by atoms with Crippen molar-refractivity contribution in [1.82, 2.24) is 10.2 Å². The Kier molecular flexibility index (Phi) is 3.71. The third-order valence-corrected chi connectivity index (χ3v) is 3.31. The van der Waals surface area contributed by atoms with E-state index in [2.05, 4.69) is 10.2 Å². The van der Waals surface area contributed by atoms with E-state index in [9.17, 15) is 9.90 Å². The van der Waals surface area contributed by atoms with Crippen LogP contribution in [0.3, 0.4) is 0 Å². The predicted molar refractivity (Wildman–Crippen MR) is 70.0 cm³/mol. The highest BCUT2D eigenvalue weighted by Crippen LogP contribution is 2.30. The lowest BCUT2D eigenvalue weighted by molar-refractivity contribution is 0.101. The number of rotatable bonds is 3. The molecule has 0 amide bonds. The first-order chi connectivity index (χ1) is 8.54. The van der Waals surface area contributed by atoms with Crippen LogP contribution in [0, 0.1) is 0 Å². The summed E-state index contributed by atoms with van der Waals surface area (Å²) in [6.07, 6.45) is 0. The van der Waals surface area contributed by atoms with Gasteiger partial charge in [0.05, 0.1) is 22.3 Å². The molecule has 0 unspecified atom stereocenters. The van der Waals surface area contributed by atoms with Crippen molar-refractivity contribution in [1.29, 1.82) is 0 Å². The predicted octanol–water partition coefficient (Wildman–Crippen LogP) is 3.08. The third-order valence-electron chi connectivity index (χ3n) is 2.57.